The highest BCUT2D eigenvalue weighted by molar-refractivity contribution is 7.50. The van der Waals surface area contributed by atoms with Gasteiger partial charge in [-0.1, -0.05) is 122 Å². The molecule has 1 aliphatic rings. The second-order valence-electron chi connectivity index (χ2n) is 13.5. The van der Waals surface area contributed by atoms with Crippen LogP contribution in [0.5, 0.6) is 0 Å². The van der Waals surface area contributed by atoms with Crippen LogP contribution in [0.15, 0.2) is 81.6 Å². The number of rotatable bonds is 0. The third kappa shape index (κ3) is 3.03. The quantitative estimate of drug-likeness (QED) is 0.185. The van der Waals surface area contributed by atoms with Crippen LogP contribution >= 0.6 is 0 Å². The van der Waals surface area contributed by atoms with Gasteiger partial charge in [-0.05, 0) is 24.3 Å². The Hall–Kier alpha value is -2.65. The number of furan rings is 2. The molecule has 2 nitrogen and oxygen atoms in total. The summed E-state index contributed by atoms with van der Waals surface area (Å²) in [5, 5.41) is 10.9. The van der Waals surface area contributed by atoms with Crippen molar-refractivity contribution in [3.05, 3.63) is 72.8 Å². The van der Waals surface area contributed by atoms with E-state index in [1.165, 1.54) is 42.3 Å². The molecule has 0 amide bonds. The Morgan fingerprint density at radius 2 is 0.553 bits per heavy atom. The van der Waals surface area contributed by atoms with Crippen molar-refractivity contribution < 1.29 is 8.83 Å². The summed E-state index contributed by atoms with van der Waals surface area (Å²) >= 11 is 0. The maximum atomic E-state index is 6.65. The fourth-order valence-corrected chi connectivity index (χ4v) is 23.9. The van der Waals surface area contributed by atoms with E-state index in [0.717, 1.165) is 22.3 Å². The van der Waals surface area contributed by atoms with Crippen LogP contribution < -0.4 is 20.7 Å². The van der Waals surface area contributed by atoms with Gasteiger partial charge in [-0.3, -0.25) is 0 Å². The second kappa shape index (κ2) is 7.50. The van der Waals surface area contributed by atoms with Crippen molar-refractivity contribution in [3.63, 3.8) is 0 Å². The fourth-order valence-electron chi connectivity index (χ4n) is 6.55. The first kappa shape index (κ1) is 24.4. The summed E-state index contributed by atoms with van der Waals surface area (Å²) in [5.41, 5.74) is 4.15. The first-order valence-electron chi connectivity index (χ1n) is 13.8. The molecule has 0 radical (unpaired) electrons. The van der Waals surface area contributed by atoms with Gasteiger partial charge in [0, 0.05) is 21.5 Å². The second-order valence-corrected chi connectivity index (χ2v) is 43.9. The van der Waals surface area contributed by atoms with E-state index in [1.54, 1.807) is 0 Å². The van der Waals surface area contributed by atoms with Gasteiger partial charge >= 0.3 is 0 Å². The number of hydrogen-bond donors (Lipinski definition) is 0. The van der Waals surface area contributed by atoms with Gasteiger partial charge in [0.15, 0.2) is 0 Å². The van der Waals surface area contributed by atoms with Gasteiger partial charge in [0.2, 0.25) is 0 Å². The molecule has 3 heterocycles. The van der Waals surface area contributed by atoms with Crippen LogP contribution in [0.25, 0.3) is 43.9 Å². The average molecular weight is 565 g/mol. The topological polar surface area (TPSA) is 26.3 Å². The van der Waals surface area contributed by atoms with Crippen LogP contribution in [0.1, 0.15) is 0 Å². The smallest absolute Gasteiger partial charge is 0.135 e. The molecule has 6 heteroatoms. The van der Waals surface area contributed by atoms with Crippen molar-refractivity contribution in [1.82, 2.24) is 0 Å². The largest absolute Gasteiger partial charge is 0.456 e. The molecule has 0 saturated heterocycles. The van der Waals surface area contributed by atoms with E-state index < -0.39 is 30.4 Å². The summed E-state index contributed by atoms with van der Waals surface area (Å²) in [6, 6.07) is 28.4. The van der Waals surface area contributed by atoms with Crippen LogP contribution in [0, 0.1) is 0 Å². The molecule has 1 aliphatic heterocycles. The summed E-state index contributed by atoms with van der Waals surface area (Å²) in [6.45, 7) is 20.4. The predicted molar refractivity (Wildman–Crippen MR) is 176 cm³/mol. The maximum absolute atomic E-state index is 6.65. The first-order valence-corrected chi connectivity index (χ1v) is 27.8. The molecule has 0 fully saturated rings. The van der Waals surface area contributed by atoms with E-state index in [4.69, 9.17) is 8.83 Å². The highest BCUT2D eigenvalue weighted by atomic mass is 29.3. The van der Waals surface area contributed by atoms with E-state index in [9.17, 15) is 0 Å². The van der Waals surface area contributed by atoms with E-state index >= 15 is 0 Å². The lowest BCUT2D eigenvalue weighted by molar-refractivity contribution is 0.669. The van der Waals surface area contributed by atoms with Crippen molar-refractivity contribution in [3.8, 4) is 0 Å². The van der Waals surface area contributed by atoms with Crippen molar-refractivity contribution in [1.29, 1.82) is 0 Å². The fraction of sp³-hybridized carbons (Fsp3) is 0.250. The van der Waals surface area contributed by atoms with Gasteiger partial charge in [-0.2, -0.15) is 0 Å². The molecular weight excluding hydrogens is 529 g/mol. The third-order valence-corrected chi connectivity index (χ3v) is 46.4. The van der Waals surface area contributed by atoms with E-state index in [0.29, 0.717) is 0 Å². The van der Waals surface area contributed by atoms with Gasteiger partial charge in [-0.15, -0.1) is 0 Å². The molecule has 0 unspecified atom stereocenters. The lowest BCUT2D eigenvalue weighted by atomic mass is 10.1. The zero-order valence-corrected chi connectivity index (χ0v) is 27.7. The van der Waals surface area contributed by atoms with Crippen molar-refractivity contribution in [2.75, 3.05) is 0 Å². The minimum absolute atomic E-state index is 1.04. The molecule has 0 aliphatic carbocycles. The Labute approximate surface area is 228 Å². The zero-order valence-electron chi connectivity index (χ0n) is 23.7. The molecule has 0 atom stereocenters. The Balaban J connectivity index is 1.60. The lowest BCUT2D eigenvalue weighted by Crippen LogP contribution is -2.69. The minimum atomic E-state index is -1.84. The Morgan fingerprint density at radius 3 is 0.763 bits per heavy atom. The van der Waals surface area contributed by atoms with Crippen LogP contribution in [0.2, 0.25) is 52.4 Å². The summed E-state index contributed by atoms with van der Waals surface area (Å²) in [5.74, 6) is 0. The van der Waals surface area contributed by atoms with Crippen LogP contribution in [0.4, 0.5) is 0 Å². The number of hydrogen-bond acceptors (Lipinski definition) is 2. The molecule has 192 valence electrons. The van der Waals surface area contributed by atoms with Crippen LogP contribution in [-0.4, -0.2) is 30.4 Å². The SMILES string of the molecule is C[Si]1(C)c2ccc3c(c2)oc2cc(ccc23)[Si](C)(C)[Si](C)(C)c2ccc3c(c2)oc2cc(ccc23)[Si]1(C)C. The van der Waals surface area contributed by atoms with E-state index in [2.05, 4.69) is 125 Å². The first-order chi connectivity index (χ1) is 17.8. The molecule has 0 saturated carbocycles. The summed E-state index contributed by atoms with van der Waals surface area (Å²) in [4.78, 5) is 0. The molecule has 2 aromatic heterocycles. The zero-order chi connectivity index (χ0) is 26.8. The predicted octanol–water partition coefficient (Wildman–Crippen LogP) is 7.02. The summed E-state index contributed by atoms with van der Waals surface area (Å²) in [6.07, 6.45) is 0. The molecule has 4 aromatic carbocycles. The van der Waals surface area contributed by atoms with Crippen molar-refractivity contribution in [2.45, 2.75) is 52.4 Å². The van der Waals surface area contributed by atoms with Crippen LogP contribution in [-0.2, 0) is 0 Å². The Kier molecular flexibility index (Phi) is 4.82. The standard InChI is InChI=1S/C32H36O2Si4/c1-35(2)21-9-13-25-27-15-11-23(19-31(27)33-29(25)17-21)37(5,6)38(7,8)24-12-16-28-26-14-10-22(36(35,3)4)18-30(26)34-32(28)20-24/h9-20H,1-8H3. The molecule has 7 rings (SSSR count). The molecule has 0 N–H and O–H groups in total. The lowest BCUT2D eigenvalue weighted by Gasteiger charge is -2.39. The Morgan fingerprint density at radius 1 is 0.342 bits per heavy atom. The highest BCUT2D eigenvalue weighted by Crippen LogP contribution is 2.33. The van der Waals surface area contributed by atoms with E-state index in [1.807, 2.05) is 0 Å². The molecule has 8 bridgehead atoms. The Bertz CT molecular complexity index is 1660. The van der Waals surface area contributed by atoms with Gasteiger partial charge in [0.25, 0.3) is 0 Å². The molecule has 6 aromatic rings. The van der Waals surface area contributed by atoms with Gasteiger partial charge in [-0.25, -0.2) is 0 Å². The minimum Gasteiger partial charge on any atom is -0.456 e. The molecule has 38 heavy (non-hydrogen) atoms. The van der Waals surface area contributed by atoms with E-state index in [-0.39, 0.29) is 0 Å². The maximum Gasteiger partial charge on any atom is 0.135 e. The van der Waals surface area contributed by atoms with Crippen LogP contribution in [0.3, 0.4) is 0 Å². The monoisotopic (exact) mass is 564 g/mol. The third-order valence-electron chi connectivity index (χ3n) is 11.0. The summed E-state index contributed by atoms with van der Waals surface area (Å²) < 4.78 is 13.3. The van der Waals surface area contributed by atoms with Gasteiger partial charge in [0.1, 0.15) is 22.3 Å². The molecule has 0 spiro atoms. The van der Waals surface area contributed by atoms with Gasteiger partial charge < -0.3 is 8.83 Å². The highest BCUT2D eigenvalue weighted by Gasteiger charge is 2.45. The number of fused-ring (bicyclic) bond motifs is 6. The number of benzene rings is 4. The average Bonchev–Trinajstić information content (AvgIpc) is 3.43. The molecular formula is C32H36O2Si4. The summed E-state index contributed by atoms with van der Waals surface area (Å²) in [7, 11) is -7.37. The van der Waals surface area contributed by atoms with Crippen molar-refractivity contribution >= 4 is 95.0 Å². The van der Waals surface area contributed by atoms with Gasteiger partial charge in [0.05, 0.1) is 30.4 Å². The normalized spacial score (nSPS) is 19.4. The van der Waals surface area contributed by atoms with Crippen molar-refractivity contribution in [2.24, 2.45) is 0 Å².